The lowest BCUT2D eigenvalue weighted by molar-refractivity contribution is 0.183. The average molecular weight is 369 g/mol. The molecule has 3 heterocycles. The van der Waals surface area contributed by atoms with E-state index in [9.17, 15) is 4.79 Å². The molecule has 0 spiro atoms. The van der Waals surface area contributed by atoms with E-state index in [-0.39, 0.29) is 5.56 Å². The van der Waals surface area contributed by atoms with E-state index >= 15 is 0 Å². The van der Waals surface area contributed by atoms with E-state index < -0.39 is 0 Å². The molecule has 2 unspecified atom stereocenters. The van der Waals surface area contributed by atoms with Gasteiger partial charge in [-0.25, -0.2) is 0 Å². The van der Waals surface area contributed by atoms with Crippen LogP contribution in [0.4, 0.5) is 0 Å². The van der Waals surface area contributed by atoms with Crippen LogP contribution in [0.15, 0.2) is 27.9 Å². The Labute approximate surface area is 149 Å². The Kier molecular flexibility index (Phi) is 4.12. The minimum Gasteiger partial charge on any atom is -0.322 e. The van der Waals surface area contributed by atoms with Gasteiger partial charge in [-0.05, 0) is 44.9 Å². The maximum atomic E-state index is 11.5. The van der Waals surface area contributed by atoms with Crippen LogP contribution in [0.25, 0.3) is 10.9 Å². The minimum atomic E-state index is -0.142. The molecule has 1 N–H and O–H groups in total. The fourth-order valence-corrected chi connectivity index (χ4v) is 6.09. The van der Waals surface area contributed by atoms with Crippen molar-refractivity contribution in [1.82, 2.24) is 9.88 Å². The predicted molar refractivity (Wildman–Crippen MR) is 98.0 cm³/mol. The summed E-state index contributed by atoms with van der Waals surface area (Å²) in [7, 11) is 2.25. The first kappa shape index (κ1) is 15.8. The number of H-pyrrole nitrogens is 1. The molecule has 2 atom stereocenters. The van der Waals surface area contributed by atoms with Crippen LogP contribution in [0.3, 0.4) is 0 Å². The summed E-state index contributed by atoms with van der Waals surface area (Å²) in [6.07, 6.45) is 4.99. The number of hydrogen-bond donors (Lipinski definition) is 1. The molecule has 4 rings (SSSR count). The van der Waals surface area contributed by atoms with Gasteiger partial charge in [-0.2, -0.15) is 0 Å². The Morgan fingerprint density at radius 1 is 1.22 bits per heavy atom. The highest BCUT2D eigenvalue weighted by atomic mass is 35.5. The summed E-state index contributed by atoms with van der Waals surface area (Å²) in [6.45, 7) is 0. The lowest BCUT2D eigenvalue weighted by Crippen LogP contribution is -2.40. The second kappa shape index (κ2) is 5.99. The average Bonchev–Trinajstić information content (AvgIpc) is 2.73. The zero-order valence-electron chi connectivity index (χ0n) is 12.8. The number of thioether (sulfide) groups is 1. The van der Waals surface area contributed by atoms with Crippen LogP contribution >= 0.6 is 35.0 Å². The lowest BCUT2D eigenvalue weighted by Gasteiger charge is -2.36. The number of rotatable bonds is 2. The Morgan fingerprint density at radius 3 is 2.61 bits per heavy atom. The molecule has 1 aromatic heterocycles. The van der Waals surface area contributed by atoms with Crippen molar-refractivity contribution in [2.75, 3.05) is 7.05 Å². The first-order valence-corrected chi connectivity index (χ1v) is 9.56. The maximum Gasteiger partial charge on any atom is 0.248 e. The van der Waals surface area contributed by atoms with Gasteiger partial charge in [0.1, 0.15) is 0 Å². The highest BCUT2D eigenvalue weighted by Gasteiger charge is 2.39. The van der Waals surface area contributed by atoms with E-state index in [4.69, 9.17) is 23.2 Å². The van der Waals surface area contributed by atoms with Crippen molar-refractivity contribution in [3.05, 3.63) is 38.6 Å². The lowest BCUT2D eigenvalue weighted by atomic mass is 10.0. The van der Waals surface area contributed by atoms with Crippen LogP contribution < -0.4 is 5.56 Å². The molecule has 2 saturated heterocycles. The fraction of sp³-hybridized carbons (Fsp3) is 0.471. The van der Waals surface area contributed by atoms with Crippen LogP contribution in [0.1, 0.15) is 25.7 Å². The van der Waals surface area contributed by atoms with Crippen LogP contribution in [0, 0.1) is 0 Å². The number of aromatic nitrogens is 1. The molecule has 23 heavy (non-hydrogen) atoms. The van der Waals surface area contributed by atoms with Gasteiger partial charge < -0.3 is 9.88 Å². The molecule has 0 radical (unpaired) electrons. The molecule has 3 nitrogen and oxygen atoms in total. The first-order chi connectivity index (χ1) is 11.0. The van der Waals surface area contributed by atoms with Crippen molar-refractivity contribution in [2.45, 2.75) is 47.9 Å². The molecular weight excluding hydrogens is 351 g/mol. The van der Waals surface area contributed by atoms with Crippen molar-refractivity contribution in [3.63, 3.8) is 0 Å². The number of pyridine rings is 1. The summed E-state index contributed by atoms with van der Waals surface area (Å²) in [5.74, 6) is 0. The molecule has 6 heteroatoms. The first-order valence-electron chi connectivity index (χ1n) is 7.92. The second-order valence-corrected chi connectivity index (χ2v) is 8.64. The Hall–Kier alpha value is -0.680. The maximum absolute atomic E-state index is 11.5. The van der Waals surface area contributed by atoms with E-state index in [2.05, 4.69) is 16.9 Å². The molecule has 2 aliphatic rings. The zero-order valence-corrected chi connectivity index (χ0v) is 15.1. The summed E-state index contributed by atoms with van der Waals surface area (Å²) in [6, 6.07) is 6.48. The van der Waals surface area contributed by atoms with Gasteiger partial charge in [-0.3, -0.25) is 4.79 Å². The van der Waals surface area contributed by atoms with E-state index in [0.29, 0.717) is 32.9 Å². The summed E-state index contributed by atoms with van der Waals surface area (Å²) >= 11 is 14.9. The van der Waals surface area contributed by atoms with Gasteiger partial charge in [0, 0.05) is 33.7 Å². The molecule has 0 amide bonds. The Morgan fingerprint density at radius 2 is 1.91 bits per heavy atom. The summed E-state index contributed by atoms with van der Waals surface area (Å²) in [5.41, 5.74) is 0.553. The topological polar surface area (TPSA) is 36.1 Å². The van der Waals surface area contributed by atoms with E-state index in [1.54, 1.807) is 17.8 Å². The highest BCUT2D eigenvalue weighted by Crippen LogP contribution is 2.46. The van der Waals surface area contributed by atoms with Crippen LogP contribution in [-0.4, -0.2) is 34.3 Å². The van der Waals surface area contributed by atoms with Gasteiger partial charge in [-0.1, -0.05) is 23.2 Å². The number of hydrogen-bond acceptors (Lipinski definition) is 3. The SMILES string of the molecule is CN1C2CCC1CC(Sc1c(Cl)cc3[nH]c(=O)ccc3c1Cl)C2. The normalized spacial score (nSPS) is 27.7. The molecule has 122 valence electrons. The largest absolute Gasteiger partial charge is 0.322 e. The van der Waals surface area contributed by atoms with E-state index in [0.717, 1.165) is 10.3 Å². The highest BCUT2D eigenvalue weighted by molar-refractivity contribution is 8.00. The number of nitrogens with zero attached hydrogens (tertiary/aromatic N) is 1. The fourth-order valence-electron chi connectivity index (χ4n) is 3.95. The third-order valence-corrected chi connectivity index (χ3v) is 7.51. The van der Waals surface area contributed by atoms with Crippen LogP contribution in [0.2, 0.25) is 10.0 Å². The van der Waals surface area contributed by atoms with Crippen molar-refractivity contribution in [1.29, 1.82) is 0 Å². The smallest absolute Gasteiger partial charge is 0.248 e. The van der Waals surface area contributed by atoms with E-state index in [1.807, 2.05) is 6.07 Å². The number of halogens is 2. The molecule has 2 aromatic rings. The Bertz CT molecular complexity index is 808. The molecule has 1 aromatic carbocycles. The summed E-state index contributed by atoms with van der Waals surface area (Å²) in [4.78, 5) is 17.7. The molecular formula is C17H18Cl2N2OS. The van der Waals surface area contributed by atoms with Crippen molar-refractivity contribution in [3.8, 4) is 0 Å². The number of fused-ring (bicyclic) bond motifs is 3. The number of aromatic amines is 1. The van der Waals surface area contributed by atoms with Gasteiger partial charge in [0.25, 0.3) is 0 Å². The van der Waals surface area contributed by atoms with E-state index in [1.165, 1.54) is 31.7 Å². The Balaban J connectivity index is 1.67. The number of nitrogens with one attached hydrogen (secondary N) is 1. The standard InChI is InChI=1S/C17H18Cl2N2OS/c1-21-9-2-3-10(21)7-11(6-9)23-17-13(18)8-14-12(16(17)19)4-5-15(22)20-14/h4-5,8-11H,2-3,6-7H2,1H3,(H,20,22). The molecule has 2 aliphatic heterocycles. The van der Waals surface area contributed by atoms with Gasteiger partial charge in [0.05, 0.1) is 15.6 Å². The molecule has 2 fully saturated rings. The third kappa shape index (κ3) is 2.80. The minimum absolute atomic E-state index is 0.142. The summed E-state index contributed by atoms with van der Waals surface area (Å²) < 4.78 is 0. The van der Waals surface area contributed by atoms with Crippen molar-refractivity contribution in [2.24, 2.45) is 0 Å². The van der Waals surface area contributed by atoms with Gasteiger partial charge in [-0.15, -0.1) is 11.8 Å². The van der Waals surface area contributed by atoms with Gasteiger partial charge in [0.2, 0.25) is 5.56 Å². The van der Waals surface area contributed by atoms with Gasteiger partial charge >= 0.3 is 0 Å². The number of piperidine rings is 1. The van der Waals surface area contributed by atoms with Gasteiger partial charge in [0.15, 0.2) is 0 Å². The number of benzene rings is 1. The monoisotopic (exact) mass is 368 g/mol. The second-order valence-electron chi connectivity index (χ2n) is 6.55. The molecule has 0 aliphatic carbocycles. The van der Waals surface area contributed by atoms with Crippen LogP contribution in [-0.2, 0) is 0 Å². The third-order valence-electron chi connectivity index (χ3n) is 5.21. The van der Waals surface area contributed by atoms with Crippen LogP contribution in [0.5, 0.6) is 0 Å². The quantitative estimate of drug-likeness (QED) is 0.844. The predicted octanol–water partition coefficient (Wildman–Crippen LogP) is 4.55. The molecule has 0 saturated carbocycles. The molecule has 2 bridgehead atoms. The summed E-state index contributed by atoms with van der Waals surface area (Å²) in [5, 5.41) is 2.69. The van der Waals surface area contributed by atoms with Crippen molar-refractivity contribution < 1.29 is 0 Å². The zero-order chi connectivity index (χ0) is 16.1. The van der Waals surface area contributed by atoms with Crippen molar-refractivity contribution >= 4 is 45.9 Å².